The number of aromatic nitrogens is 3. The molecule has 9 nitrogen and oxygen atoms in total. The second-order valence-electron chi connectivity index (χ2n) is 14.9. The van der Waals surface area contributed by atoms with Crippen molar-refractivity contribution < 1.29 is 18.3 Å². The molecule has 0 unspecified atom stereocenters. The van der Waals surface area contributed by atoms with Gasteiger partial charge in [-0.05, 0) is 101 Å². The Morgan fingerprint density at radius 1 is 1.16 bits per heavy atom. The second-order valence-corrected chi connectivity index (χ2v) is 14.9. The first-order chi connectivity index (χ1) is 24.6. The number of rotatable bonds is 7. The summed E-state index contributed by atoms with van der Waals surface area (Å²) in [5, 5.41) is 11.3. The van der Waals surface area contributed by atoms with Gasteiger partial charge in [0, 0.05) is 42.3 Å². The number of benzene rings is 2. The van der Waals surface area contributed by atoms with Crippen molar-refractivity contribution in [1.29, 1.82) is 5.26 Å². The molecule has 0 spiro atoms. The summed E-state index contributed by atoms with van der Waals surface area (Å²) >= 11 is 0. The molecule has 4 aromatic rings. The Hall–Kier alpha value is -5.13. The molecule has 4 aliphatic rings. The topological polar surface area (TPSA) is 98.5 Å². The first-order valence-corrected chi connectivity index (χ1v) is 17.7. The van der Waals surface area contributed by atoms with Gasteiger partial charge in [-0.3, -0.25) is 14.7 Å². The molecule has 0 saturated carbocycles. The molecule has 11 heteroatoms. The van der Waals surface area contributed by atoms with Gasteiger partial charge in [0.25, 0.3) is 0 Å². The quantitative estimate of drug-likeness (QED) is 0.166. The highest BCUT2D eigenvalue weighted by Gasteiger charge is 2.46. The average Bonchev–Trinajstić information content (AvgIpc) is 3.80. The fourth-order valence-corrected chi connectivity index (χ4v) is 8.91. The number of nitrogens with zero attached hydrogens (tertiary/aromatic N) is 7. The highest BCUT2D eigenvalue weighted by atomic mass is 19.1. The van der Waals surface area contributed by atoms with Crippen LogP contribution in [0, 0.1) is 35.3 Å². The van der Waals surface area contributed by atoms with Crippen molar-refractivity contribution >= 4 is 33.4 Å². The molecular weight excluding hydrogens is 648 g/mol. The monoisotopic (exact) mass is 687 g/mol. The lowest BCUT2D eigenvalue weighted by Crippen LogP contribution is -2.55. The van der Waals surface area contributed by atoms with Crippen molar-refractivity contribution in [2.75, 3.05) is 37.7 Å². The molecule has 2 aromatic carbocycles. The lowest BCUT2D eigenvalue weighted by molar-refractivity contribution is -0.129. The number of ether oxygens (including phenoxy) is 1. The third kappa shape index (κ3) is 5.29. The van der Waals surface area contributed by atoms with Crippen molar-refractivity contribution in [3.63, 3.8) is 0 Å². The molecule has 260 valence electrons. The molecule has 51 heavy (non-hydrogen) atoms. The minimum atomic E-state index is -0.945. The van der Waals surface area contributed by atoms with Gasteiger partial charge in [-0.15, -0.1) is 6.42 Å². The maximum absolute atomic E-state index is 17.3. The summed E-state index contributed by atoms with van der Waals surface area (Å²) in [5.41, 5.74) is -0.230. The molecular formula is C40H39F2N7O2. The minimum Gasteiger partial charge on any atom is -0.461 e. The van der Waals surface area contributed by atoms with Crippen LogP contribution < -0.4 is 9.64 Å². The van der Waals surface area contributed by atoms with Crippen LogP contribution >= 0.6 is 0 Å². The molecule has 0 aliphatic carbocycles. The zero-order valence-electron chi connectivity index (χ0n) is 28.9. The van der Waals surface area contributed by atoms with E-state index >= 15 is 8.78 Å². The van der Waals surface area contributed by atoms with E-state index in [4.69, 9.17) is 16.1 Å². The third-order valence-electron chi connectivity index (χ3n) is 11.6. The van der Waals surface area contributed by atoms with Crippen molar-refractivity contribution in [1.82, 2.24) is 24.8 Å². The second kappa shape index (κ2) is 12.3. The van der Waals surface area contributed by atoms with E-state index in [-0.39, 0.29) is 51.9 Å². The Kier molecular flexibility index (Phi) is 7.95. The number of hydrogen-bond donors (Lipinski definition) is 0. The van der Waals surface area contributed by atoms with Crippen LogP contribution in [-0.2, 0) is 10.2 Å². The van der Waals surface area contributed by atoms with Gasteiger partial charge < -0.3 is 14.5 Å². The van der Waals surface area contributed by atoms with Crippen LogP contribution in [0.3, 0.4) is 0 Å². The average molecular weight is 688 g/mol. The van der Waals surface area contributed by atoms with E-state index in [1.165, 1.54) is 12.1 Å². The lowest BCUT2D eigenvalue weighted by atomic mass is 9.82. The van der Waals surface area contributed by atoms with Gasteiger partial charge in [-0.2, -0.15) is 15.2 Å². The Bertz CT molecular complexity index is 2180. The first kappa shape index (κ1) is 33.0. The van der Waals surface area contributed by atoms with Crippen LogP contribution in [0.4, 0.5) is 14.6 Å². The normalized spacial score (nSPS) is 21.1. The standard InChI is InChI=1S/C40H39F2N7O2/c1-5-28-31(41)12-9-24-17-25(39(3,4)22-43)18-29(33(24)28)35-34(42)36-30(19-44-35)37(47-20-26-10-11-27(21-47)49(26)32(50)6-2)46-38(45-36)51-23-40-13-7-15-48(40)16-8-14-40/h1,6,9,12,17-19,26-27H,2,7-8,10-11,13-16,20-21,23H2,3-4H3/t26-,27+. The van der Waals surface area contributed by atoms with Crippen LogP contribution in [0.1, 0.15) is 63.5 Å². The fourth-order valence-electron chi connectivity index (χ4n) is 8.91. The number of terminal acetylenes is 1. The largest absolute Gasteiger partial charge is 0.461 e. The number of hydrogen-bond acceptors (Lipinski definition) is 8. The molecule has 0 radical (unpaired) electrons. The molecule has 6 heterocycles. The number of pyridine rings is 1. The number of nitriles is 1. The highest BCUT2D eigenvalue weighted by molar-refractivity contribution is 6.03. The Balaban J connectivity index is 1.30. The Morgan fingerprint density at radius 2 is 1.88 bits per heavy atom. The van der Waals surface area contributed by atoms with Crippen LogP contribution in [0.25, 0.3) is 32.9 Å². The Labute approximate surface area is 295 Å². The van der Waals surface area contributed by atoms with Crippen molar-refractivity contribution in [3.05, 3.63) is 65.9 Å². The van der Waals surface area contributed by atoms with E-state index < -0.39 is 17.0 Å². The summed E-state index contributed by atoms with van der Waals surface area (Å²) in [5.74, 6) is 1.50. The van der Waals surface area contributed by atoms with Crippen LogP contribution in [0.2, 0.25) is 0 Å². The Morgan fingerprint density at radius 3 is 2.55 bits per heavy atom. The maximum atomic E-state index is 17.3. The number of anilines is 1. The zero-order valence-corrected chi connectivity index (χ0v) is 28.9. The molecule has 8 rings (SSSR count). The highest BCUT2D eigenvalue weighted by Crippen LogP contribution is 2.42. The number of halogens is 2. The zero-order chi connectivity index (χ0) is 35.7. The van der Waals surface area contributed by atoms with Crippen molar-refractivity contribution in [2.45, 2.75) is 75.4 Å². The van der Waals surface area contributed by atoms with Crippen molar-refractivity contribution in [2.24, 2.45) is 0 Å². The van der Waals surface area contributed by atoms with E-state index in [2.05, 4.69) is 38.3 Å². The third-order valence-corrected chi connectivity index (χ3v) is 11.6. The fraction of sp³-hybridized carbons (Fsp3) is 0.425. The number of piperazine rings is 1. The SMILES string of the molecule is C#Cc1c(F)ccc2cc(C(C)(C)C#N)cc(-c3ncc4c(N5C[C@H]6CC[C@@H](C5)N6C(=O)C=C)nc(OCC56CCCN5CCC6)nc4c3F)c12. The van der Waals surface area contributed by atoms with Gasteiger partial charge in [0.15, 0.2) is 5.82 Å². The van der Waals surface area contributed by atoms with E-state index in [0.717, 1.165) is 51.6 Å². The molecule has 2 aromatic heterocycles. The molecule has 1 amide bonds. The first-order valence-electron chi connectivity index (χ1n) is 17.7. The molecule has 4 aliphatic heterocycles. The van der Waals surface area contributed by atoms with E-state index in [1.54, 1.807) is 38.2 Å². The van der Waals surface area contributed by atoms with Gasteiger partial charge >= 0.3 is 6.01 Å². The molecule has 4 fully saturated rings. The summed E-state index contributed by atoms with van der Waals surface area (Å²) in [4.78, 5) is 33.5. The van der Waals surface area contributed by atoms with Gasteiger partial charge in [0.05, 0.1) is 28.0 Å². The molecule has 0 N–H and O–H groups in total. The van der Waals surface area contributed by atoms with E-state index in [0.29, 0.717) is 47.2 Å². The van der Waals surface area contributed by atoms with Crippen LogP contribution in [0.15, 0.2) is 43.1 Å². The summed E-state index contributed by atoms with van der Waals surface area (Å²) in [7, 11) is 0. The molecule has 2 bridgehead atoms. The number of carbonyl (C=O) groups excluding carboxylic acids is 1. The summed E-state index contributed by atoms with van der Waals surface area (Å²) in [6.45, 7) is 10.7. The predicted octanol–water partition coefficient (Wildman–Crippen LogP) is 6.28. The molecule has 2 atom stereocenters. The minimum absolute atomic E-state index is 0.0147. The number of fused-ring (bicyclic) bond motifs is 5. The van der Waals surface area contributed by atoms with E-state index in [1.807, 2.05) is 4.90 Å². The van der Waals surface area contributed by atoms with Gasteiger partial charge in [0.1, 0.15) is 29.5 Å². The van der Waals surface area contributed by atoms with Gasteiger partial charge in [-0.1, -0.05) is 18.6 Å². The van der Waals surface area contributed by atoms with Crippen molar-refractivity contribution in [3.8, 4) is 35.7 Å². The van der Waals surface area contributed by atoms with Crippen LogP contribution in [-0.4, -0.2) is 81.1 Å². The smallest absolute Gasteiger partial charge is 0.319 e. The van der Waals surface area contributed by atoms with Gasteiger partial charge in [-0.25, -0.2) is 8.78 Å². The summed E-state index contributed by atoms with van der Waals surface area (Å²) in [6, 6.07) is 8.61. The summed E-state index contributed by atoms with van der Waals surface area (Å²) < 4.78 is 38.9. The number of carbonyl (C=O) groups is 1. The molecule has 4 saturated heterocycles. The van der Waals surface area contributed by atoms with Crippen LogP contribution in [0.5, 0.6) is 6.01 Å². The summed E-state index contributed by atoms with van der Waals surface area (Å²) in [6.07, 6.45) is 14.7. The predicted molar refractivity (Wildman–Crippen MR) is 191 cm³/mol. The maximum Gasteiger partial charge on any atom is 0.319 e. The number of amides is 1. The lowest BCUT2D eigenvalue weighted by Gasteiger charge is -2.41. The van der Waals surface area contributed by atoms with Gasteiger partial charge in [0.2, 0.25) is 5.91 Å². The van der Waals surface area contributed by atoms with E-state index in [9.17, 15) is 10.1 Å².